The number of fused-ring (bicyclic) bond motifs is 1. The molecule has 8 heteroatoms. The summed E-state index contributed by atoms with van der Waals surface area (Å²) in [6.07, 6.45) is -0.0851. The molecule has 0 spiro atoms. The van der Waals surface area contributed by atoms with Gasteiger partial charge in [0, 0.05) is 28.9 Å². The Kier molecular flexibility index (Phi) is 6.82. The van der Waals surface area contributed by atoms with Gasteiger partial charge >= 0.3 is 6.09 Å². The van der Waals surface area contributed by atoms with Gasteiger partial charge in [-0.1, -0.05) is 0 Å². The minimum Gasteiger partial charge on any atom is -0.598 e. The predicted octanol–water partition coefficient (Wildman–Crippen LogP) is 4.16. The lowest BCUT2D eigenvalue weighted by Gasteiger charge is -2.28. The maximum Gasteiger partial charge on any atom is 0.407 e. The molecule has 1 aliphatic rings. The van der Waals surface area contributed by atoms with Crippen LogP contribution in [0.2, 0.25) is 0 Å². The summed E-state index contributed by atoms with van der Waals surface area (Å²) in [5, 5.41) is 2.73. The van der Waals surface area contributed by atoms with Crippen molar-refractivity contribution in [3.63, 3.8) is 0 Å². The second-order valence-electron chi connectivity index (χ2n) is 9.79. The van der Waals surface area contributed by atoms with E-state index in [4.69, 9.17) is 9.47 Å². The molecule has 0 aliphatic carbocycles. The number of hydrogen-bond acceptors (Lipinski definition) is 5. The number of halogens is 1. The molecule has 1 aliphatic heterocycles. The summed E-state index contributed by atoms with van der Waals surface area (Å²) in [7, 11) is 0. The zero-order valence-electron chi connectivity index (χ0n) is 18.6. The van der Waals surface area contributed by atoms with Crippen LogP contribution in [0, 0.1) is 5.82 Å². The Hall–Kier alpha value is -1.51. The van der Waals surface area contributed by atoms with Crippen molar-refractivity contribution in [2.45, 2.75) is 83.8 Å². The van der Waals surface area contributed by atoms with Crippen LogP contribution < -0.4 is 14.8 Å². The molecule has 3 atom stereocenters. The zero-order chi connectivity index (χ0) is 22.2. The molecule has 1 aromatic rings. The number of carbonyl (C=O) groups excluding carboxylic acids is 1. The lowest BCUT2D eigenvalue weighted by Crippen LogP contribution is -2.45. The molecule has 2 rings (SSSR count). The number of alkyl carbamates (subject to hydrolysis) is 1. The average molecular weight is 429 g/mol. The summed E-state index contributed by atoms with van der Waals surface area (Å²) in [5.74, 6) is 0.202. The molecule has 29 heavy (non-hydrogen) atoms. The molecule has 0 radical (unpaired) electrons. The van der Waals surface area contributed by atoms with E-state index in [-0.39, 0.29) is 18.4 Å². The summed E-state index contributed by atoms with van der Waals surface area (Å²) >= 11 is -1.31. The number of carbonyl (C=O) groups is 1. The highest BCUT2D eigenvalue weighted by Crippen LogP contribution is 2.41. The Morgan fingerprint density at radius 3 is 2.52 bits per heavy atom. The van der Waals surface area contributed by atoms with Gasteiger partial charge in [0.25, 0.3) is 0 Å². The molecule has 1 unspecified atom stereocenters. The van der Waals surface area contributed by atoms with Crippen molar-refractivity contribution in [1.82, 2.24) is 10.0 Å². The Balaban J connectivity index is 2.15. The van der Waals surface area contributed by atoms with Crippen molar-refractivity contribution in [2.24, 2.45) is 0 Å². The van der Waals surface area contributed by atoms with Crippen molar-refractivity contribution >= 4 is 17.5 Å². The third-order valence-electron chi connectivity index (χ3n) is 4.38. The largest absolute Gasteiger partial charge is 0.598 e. The first kappa shape index (κ1) is 23.8. The highest BCUT2D eigenvalue weighted by atomic mass is 32.2. The van der Waals surface area contributed by atoms with Gasteiger partial charge < -0.3 is 19.3 Å². The third-order valence-corrected chi connectivity index (χ3v) is 6.06. The van der Waals surface area contributed by atoms with Crippen LogP contribution in [0.1, 0.15) is 72.6 Å². The van der Waals surface area contributed by atoms with Crippen LogP contribution in [-0.4, -0.2) is 33.1 Å². The first-order valence-electron chi connectivity index (χ1n) is 9.76. The van der Waals surface area contributed by atoms with Crippen LogP contribution in [0.4, 0.5) is 9.18 Å². The maximum atomic E-state index is 14.3. The van der Waals surface area contributed by atoms with E-state index < -0.39 is 33.4 Å². The van der Waals surface area contributed by atoms with Crippen LogP contribution in [0.25, 0.3) is 0 Å². The molecular weight excluding hydrogens is 395 g/mol. The smallest absolute Gasteiger partial charge is 0.407 e. The van der Waals surface area contributed by atoms with Gasteiger partial charge in [0.15, 0.2) is 0 Å². The molecule has 0 bridgehead atoms. The number of nitrogens with one attached hydrogen (secondary N) is 2. The van der Waals surface area contributed by atoms with Gasteiger partial charge in [0.2, 0.25) is 0 Å². The molecule has 1 aromatic carbocycles. The SMILES string of the molecule is C[C@@H](N[S+]([O-])C(C)(C)C)c1cc(F)cc2c1O[C@@](C)(CNC(=O)OC(C)(C)C)C2. The first-order chi connectivity index (χ1) is 13.1. The molecule has 0 aromatic heterocycles. The topological polar surface area (TPSA) is 82.6 Å². The quantitative estimate of drug-likeness (QED) is 0.688. The van der Waals surface area contributed by atoms with E-state index in [0.29, 0.717) is 17.7 Å². The molecule has 1 heterocycles. The lowest BCUT2D eigenvalue weighted by molar-refractivity contribution is 0.0447. The van der Waals surface area contributed by atoms with Gasteiger partial charge in [-0.25, -0.2) is 9.18 Å². The second-order valence-corrected chi connectivity index (χ2v) is 11.8. The number of hydrogen-bond donors (Lipinski definition) is 2. The molecule has 164 valence electrons. The minimum atomic E-state index is -1.31. The maximum absolute atomic E-state index is 14.3. The summed E-state index contributed by atoms with van der Waals surface area (Å²) in [4.78, 5) is 12.0. The highest BCUT2D eigenvalue weighted by Gasteiger charge is 2.39. The van der Waals surface area contributed by atoms with E-state index in [2.05, 4.69) is 10.0 Å². The van der Waals surface area contributed by atoms with Gasteiger partial charge in [-0.3, -0.25) is 0 Å². The molecule has 1 amide bonds. The third kappa shape index (κ3) is 6.49. The Labute approximate surface area is 176 Å². The molecule has 0 saturated heterocycles. The highest BCUT2D eigenvalue weighted by molar-refractivity contribution is 7.90. The van der Waals surface area contributed by atoms with Crippen molar-refractivity contribution in [3.05, 3.63) is 29.1 Å². The van der Waals surface area contributed by atoms with E-state index in [9.17, 15) is 13.7 Å². The summed E-state index contributed by atoms with van der Waals surface area (Å²) < 4.78 is 40.7. The summed E-state index contributed by atoms with van der Waals surface area (Å²) in [6, 6.07) is 2.48. The monoisotopic (exact) mass is 428 g/mol. The average Bonchev–Trinajstić information content (AvgIpc) is 2.86. The van der Waals surface area contributed by atoms with E-state index in [1.165, 1.54) is 12.1 Å². The van der Waals surface area contributed by atoms with Crippen molar-refractivity contribution < 1.29 is 23.2 Å². The van der Waals surface area contributed by atoms with E-state index in [1.54, 1.807) is 20.8 Å². The van der Waals surface area contributed by atoms with Gasteiger partial charge in [0.1, 0.15) is 27.5 Å². The fourth-order valence-electron chi connectivity index (χ4n) is 3.01. The summed E-state index contributed by atoms with van der Waals surface area (Å²) in [6.45, 7) is 14.9. The van der Waals surface area contributed by atoms with Crippen LogP contribution >= 0.6 is 0 Å². The van der Waals surface area contributed by atoms with Gasteiger partial charge in [-0.05, 0) is 67.5 Å². The molecular formula is C21H33FN2O4S. The number of benzene rings is 1. The fraction of sp³-hybridized carbons (Fsp3) is 0.667. The Morgan fingerprint density at radius 2 is 1.97 bits per heavy atom. The van der Waals surface area contributed by atoms with Gasteiger partial charge in [0.05, 0.1) is 12.6 Å². The Morgan fingerprint density at radius 1 is 1.34 bits per heavy atom. The van der Waals surface area contributed by atoms with Crippen molar-refractivity contribution in [3.8, 4) is 5.75 Å². The van der Waals surface area contributed by atoms with Crippen molar-refractivity contribution in [1.29, 1.82) is 0 Å². The normalized spacial score (nSPS) is 21.2. The van der Waals surface area contributed by atoms with Gasteiger partial charge in [-0.2, -0.15) is 0 Å². The van der Waals surface area contributed by atoms with E-state index in [0.717, 1.165) is 5.56 Å². The van der Waals surface area contributed by atoms with Crippen LogP contribution in [0.15, 0.2) is 12.1 Å². The number of amides is 1. The van der Waals surface area contributed by atoms with E-state index >= 15 is 0 Å². The van der Waals surface area contributed by atoms with Crippen LogP contribution in [0.3, 0.4) is 0 Å². The molecule has 6 nitrogen and oxygen atoms in total. The summed E-state index contributed by atoms with van der Waals surface area (Å²) in [5.41, 5.74) is 0.0113. The molecule has 0 fully saturated rings. The molecule has 0 saturated carbocycles. The Bertz CT molecular complexity index is 760. The second kappa shape index (κ2) is 8.32. The van der Waals surface area contributed by atoms with Gasteiger partial charge in [-0.15, -0.1) is 4.72 Å². The number of rotatable bonds is 5. The van der Waals surface area contributed by atoms with Crippen LogP contribution in [-0.2, 0) is 22.5 Å². The number of ether oxygens (including phenoxy) is 2. The predicted molar refractivity (Wildman–Crippen MR) is 113 cm³/mol. The standard InChI is InChI=1S/C21H33FN2O4S/c1-13(24-29(26)20(5,6)7)16-10-15(22)9-14-11-21(8,27-17(14)16)12-23-18(25)28-19(2,3)4/h9-10,13,24H,11-12H2,1-8H3,(H,23,25)/t13-,21-,29?/m1/s1. The fourth-order valence-corrected chi connectivity index (χ4v) is 3.81. The lowest BCUT2D eigenvalue weighted by atomic mass is 9.97. The minimum absolute atomic E-state index is 0.216. The van der Waals surface area contributed by atoms with Crippen molar-refractivity contribution in [2.75, 3.05) is 6.54 Å². The zero-order valence-corrected chi connectivity index (χ0v) is 19.4. The first-order valence-corrected chi connectivity index (χ1v) is 10.9. The molecule has 2 N–H and O–H groups in total. The van der Waals surface area contributed by atoms with Crippen LogP contribution in [0.5, 0.6) is 5.75 Å². The van der Waals surface area contributed by atoms with E-state index in [1.807, 2.05) is 34.6 Å².